The first kappa shape index (κ1) is 19.0. The van der Waals surface area contributed by atoms with Crippen LogP contribution in [-0.4, -0.2) is 80.5 Å². The Morgan fingerprint density at radius 3 is 2.93 bits per heavy atom. The summed E-state index contributed by atoms with van der Waals surface area (Å²) in [7, 11) is 3.57. The van der Waals surface area contributed by atoms with E-state index in [0.29, 0.717) is 0 Å². The number of aromatic amines is 1. The summed E-state index contributed by atoms with van der Waals surface area (Å²) in [5.74, 6) is 0.0925. The van der Waals surface area contributed by atoms with Crippen molar-refractivity contribution in [3.8, 4) is 6.01 Å². The fourth-order valence-electron chi connectivity index (χ4n) is 2.72. The Kier molecular flexibility index (Phi) is 5.54. The van der Waals surface area contributed by atoms with Crippen molar-refractivity contribution in [3.63, 3.8) is 0 Å². The predicted molar refractivity (Wildman–Crippen MR) is 97.3 cm³/mol. The Labute approximate surface area is 154 Å². The molecule has 3 N–H and O–H groups in total. The zero-order valence-corrected chi connectivity index (χ0v) is 15.1. The smallest absolute Gasteiger partial charge is 0.301 e. The summed E-state index contributed by atoms with van der Waals surface area (Å²) in [5.41, 5.74) is -0.215. The highest BCUT2D eigenvalue weighted by Crippen LogP contribution is 2.34. The van der Waals surface area contributed by atoms with Crippen LogP contribution in [0.15, 0.2) is 22.4 Å². The quantitative estimate of drug-likeness (QED) is 0.334. The van der Waals surface area contributed by atoms with Gasteiger partial charge in [0, 0.05) is 20.5 Å². The molecule has 0 amide bonds. The number of H-pyrrole nitrogens is 1. The maximum Gasteiger partial charge on any atom is 0.301 e. The number of rotatable bonds is 7. The van der Waals surface area contributed by atoms with Gasteiger partial charge in [0.25, 0.3) is 5.56 Å². The van der Waals surface area contributed by atoms with Crippen molar-refractivity contribution in [1.82, 2.24) is 24.4 Å². The number of nitrogens with zero attached hydrogens (tertiary/aromatic N) is 5. The maximum atomic E-state index is 12.4. The van der Waals surface area contributed by atoms with Gasteiger partial charge in [0.05, 0.1) is 19.0 Å². The lowest BCUT2D eigenvalue weighted by Crippen LogP contribution is -2.24. The molecule has 0 unspecified atom stereocenters. The van der Waals surface area contributed by atoms with Crippen molar-refractivity contribution in [2.75, 3.05) is 27.3 Å². The van der Waals surface area contributed by atoms with E-state index in [9.17, 15) is 15.0 Å². The van der Waals surface area contributed by atoms with Gasteiger partial charge in [-0.15, -0.1) is 0 Å². The first-order chi connectivity index (χ1) is 12.9. The van der Waals surface area contributed by atoms with Crippen LogP contribution in [0.2, 0.25) is 0 Å². The summed E-state index contributed by atoms with van der Waals surface area (Å²) in [6.45, 7) is 3.42. The van der Waals surface area contributed by atoms with Crippen LogP contribution >= 0.6 is 0 Å². The highest BCUT2D eigenvalue weighted by Gasteiger charge is 2.37. The predicted octanol–water partition coefficient (Wildman–Crippen LogP) is -0.453. The Morgan fingerprint density at radius 1 is 1.52 bits per heavy atom. The van der Waals surface area contributed by atoms with Crippen LogP contribution in [0.25, 0.3) is 11.2 Å². The molecule has 1 aliphatic heterocycles. The molecule has 27 heavy (non-hydrogen) atoms. The lowest BCUT2D eigenvalue weighted by atomic mass is 10.2. The third-order valence-electron chi connectivity index (χ3n) is 3.92. The van der Waals surface area contributed by atoms with Crippen molar-refractivity contribution < 1.29 is 19.7 Å². The number of aliphatic imine (C=N–C) groups is 1. The molecule has 2 aromatic rings. The number of fused-ring (bicyclic) bond motifs is 1. The Bertz CT molecular complexity index is 905. The van der Waals surface area contributed by atoms with Gasteiger partial charge in [-0.1, -0.05) is 12.7 Å². The van der Waals surface area contributed by atoms with Crippen molar-refractivity contribution in [3.05, 3.63) is 23.0 Å². The number of hydrogen-bond donors (Lipinski definition) is 3. The molecule has 11 nitrogen and oxygen atoms in total. The van der Waals surface area contributed by atoms with Crippen LogP contribution in [0.4, 0.5) is 5.95 Å². The van der Waals surface area contributed by atoms with E-state index in [1.54, 1.807) is 19.0 Å². The Morgan fingerprint density at radius 2 is 2.30 bits per heavy atom. The lowest BCUT2D eigenvalue weighted by Gasteiger charge is -2.16. The Hall–Kier alpha value is -2.76. The highest BCUT2D eigenvalue weighted by atomic mass is 16.6. The molecule has 0 aromatic carbocycles. The van der Waals surface area contributed by atoms with Gasteiger partial charge in [0.1, 0.15) is 18.9 Å². The van der Waals surface area contributed by atoms with E-state index in [-0.39, 0.29) is 42.8 Å². The summed E-state index contributed by atoms with van der Waals surface area (Å²) < 4.78 is 12.7. The van der Waals surface area contributed by atoms with Gasteiger partial charge in [0.2, 0.25) is 5.95 Å². The van der Waals surface area contributed by atoms with Gasteiger partial charge < -0.3 is 24.6 Å². The third kappa shape index (κ3) is 3.84. The largest absolute Gasteiger partial charge is 0.460 e. The minimum atomic E-state index is -0.863. The third-order valence-corrected chi connectivity index (χ3v) is 3.92. The van der Waals surface area contributed by atoms with Crippen LogP contribution in [0.3, 0.4) is 0 Å². The van der Waals surface area contributed by atoms with Gasteiger partial charge >= 0.3 is 6.01 Å². The summed E-state index contributed by atoms with van der Waals surface area (Å²) in [6, 6.07) is 0.104. The zero-order chi connectivity index (χ0) is 19.6. The van der Waals surface area contributed by atoms with E-state index in [4.69, 9.17) is 9.47 Å². The molecule has 2 aromatic heterocycles. The minimum absolute atomic E-state index is 0.0587. The summed E-state index contributed by atoms with van der Waals surface area (Å²) in [5, 5.41) is 19.4. The summed E-state index contributed by atoms with van der Waals surface area (Å²) in [4.78, 5) is 29.3. The van der Waals surface area contributed by atoms with Crippen molar-refractivity contribution in [2.45, 2.75) is 24.9 Å². The minimum Gasteiger partial charge on any atom is -0.460 e. The highest BCUT2D eigenvalue weighted by molar-refractivity contribution is 5.73. The van der Waals surface area contributed by atoms with Crippen molar-refractivity contribution >= 4 is 23.5 Å². The number of aromatic nitrogens is 4. The average Bonchev–Trinajstić information content (AvgIpc) is 3.18. The Balaban J connectivity index is 2.12. The van der Waals surface area contributed by atoms with E-state index in [1.807, 2.05) is 0 Å². The van der Waals surface area contributed by atoms with Gasteiger partial charge in [-0.05, 0) is 0 Å². The zero-order valence-electron chi connectivity index (χ0n) is 15.1. The number of aliphatic hydroxyl groups excluding tert-OH is 2. The number of ether oxygens (including phenoxy) is 2. The molecule has 11 heteroatoms. The molecule has 3 atom stereocenters. The van der Waals surface area contributed by atoms with E-state index >= 15 is 0 Å². The normalized spacial score (nSPS) is 22.6. The van der Waals surface area contributed by atoms with Crippen LogP contribution < -0.4 is 10.3 Å². The van der Waals surface area contributed by atoms with Gasteiger partial charge in [-0.25, -0.2) is 4.99 Å². The standard InChI is InChI=1S/C16H22N6O5/c1-4-5-26-16-18-12-13(19-15(20-14(12)25)17-8-21(2)3)22(16)11-6-9(24)10(7-23)27-11/h4,8-11,23-24H,1,5-7H2,2-3H3,(H,19,20,25)/t9-,10+,11+/m0/s1. The second-order valence-corrected chi connectivity index (χ2v) is 6.25. The molecule has 146 valence electrons. The number of hydrogen-bond acceptors (Lipinski definition) is 8. The fourth-order valence-corrected chi connectivity index (χ4v) is 2.72. The molecule has 1 aliphatic rings. The monoisotopic (exact) mass is 378 g/mol. The molecule has 0 spiro atoms. The molecule has 3 rings (SSSR count). The SMILES string of the molecule is C=CCOc1nc2c(=O)[nH]c(N=CN(C)C)nc2n1[C@H]1C[C@H](O)[C@@H](CO)O1. The van der Waals surface area contributed by atoms with Gasteiger partial charge in [-0.3, -0.25) is 14.3 Å². The molecule has 1 saturated heterocycles. The number of nitrogens with one attached hydrogen (secondary N) is 1. The van der Waals surface area contributed by atoms with Crippen LogP contribution in [0.1, 0.15) is 12.6 Å². The fraction of sp³-hybridized carbons (Fsp3) is 0.500. The topological polar surface area (TPSA) is 138 Å². The molecule has 0 bridgehead atoms. The lowest BCUT2D eigenvalue weighted by molar-refractivity contribution is -0.0453. The van der Waals surface area contributed by atoms with E-state index in [2.05, 4.69) is 26.5 Å². The van der Waals surface area contributed by atoms with Crippen molar-refractivity contribution in [1.29, 1.82) is 0 Å². The average molecular weight is 378 g/mol. The van der Waals surface area contributed by atoms with Gasteiger partial charge in [0.15, 0.2) is 11.2 Å². The molecule has 0 radical (unpaired) electrons. The molecular weight excluding hydrogens is 356 g/mol. The maximum absolute atomic E-state index is 12.4. The second kappa shape index (κ2) is 7.86. The summed E-state index contributed by atoms with van der Waals surface area (Å²) >= 11 is 0. The van der Waals surface area contributed by atoms with Crippen LogP contribution in [0.5, 0.6) is 6.01 Å². The van der Waals surface area contributed by atoms with Crippen molar-refractivity contribution in [2.24, 2.45) is 4.99 Å². The molecule has 3 heterocycles. The van der Waals surface area contributed by atoms with Gasteiger partial charge in [-0.2, -0.15) is 9.97 Å². The molecule has 1 fully saturated rings. The first-order valence-electron chi connectivity index (χ1n) is 8.35. The number of aliphatic hydroxyl groups is 2. The molecular formula is C16H22N6O5. The molecule has 0 saturated carbocycles. The number of imidazole rings is 1. The molecule has 0 aliphatic carbocycles. The van der Waals surface area contributed by atoms with E-state index in [1.165, 1.54) is 17.0 Å². The first-order valence-corrected chi connectivity index (χ1v) is 8.35. The van der Waals surface area contributed by atoms with E-state index in [0.717, 1.165) is 0 Å². The second-order valence-electron chi connectivity index (χ2n) is 6.25. The van der Waals surface area contributed by atoms with Crippen LogP contribution in [-0.2, 0) is 4.74 Å². The summed E-state index contributed by atoms with van der Waals surface area (Å²) in [6.07, 6.45) is 0.909. The van der Waals surface area contributed by atoms with Crippen LogP contribution in [0, 0.1) is 0 Å². The van der Waals surface area contributed by atoms with E-state index < -0.39 is 24.0 Å².